The topological polar surface area (TPSA) is 54.6 Å². The van der Waals surface area contributed by atoms with Crippen LogP contribution >= 0.6 is 23.4 Å². The van der Waals surface area contributed by atoms with Gasteiger partial charge in [-0.25, -0.2) is 5.43 Å². The van der Waals surface area contributed by atoms with Crippen molar-refractivity contribution in [3.05, 3.63) is 52.9 Å². The Bertz CT molecular complexity index is 712. The van der Waals surface area contributed by atoms with Gasteiger partial charge in [-0.2, -0.15) is 5.10 Å². The van der Waals surface area contributed by atoms with Crippen LogP contribution in [-0.4, -0.2) is 17.9 Å². The van der Waals surface area contributed by atoms with E-state index in [0.29, 0.717) is 28.4 Å². The lowest BCUT2D eigenvalue weighted by molar-refractivity contribution is -0.118. The highest BCUT2D eigenvalue weighted by Crippen LogP contribution is 2.47. The molecule has 2 atom stereocenters. The van der Waals surface area contributed by atoms with Gasteiger partial charge in [0.2, 0.25) is 5.91 Å². The monoisotopic (exact) mass is 348 g/mol. The van der Waals surface area contributed by atoms with Gasteiger partial charge in [-0.3, -0.25) is 4.79 Å². The van der Waals surface area contributed by atoms with Crippen LogP contribution in [0.4, 0.5) is 0 Å². The lowest BCUT2D eigenvalue weighted by atomic mass is 10.3. The van der Waals surface area contributed by atoms with E-state index in [2.05, 4.69) is 17.5 Å². The van der Waals surface area contributed by atoms with Gasteiger partial charge in [0.1, 0.15) is 11.5 Å². The number of furan rings is 1. The normalized spacial score (nSPS) is 19.9. The van der Waals surface area contributed by atoms with Gasteiger partial charge in [-0.15, -0.1) is 11.8 Å². The van der Waals surface area contributed by atoms with Crippen molar-refractivity contribution in [2.75, 3.05) is 5.75 Å². The molecular formula is C17H17ClN2O2S. The number of hydrazone groups is 1. The number of amides is 1. The Morgan fingerprint density at radius 3 is 2.83 bits per heavy atom. The number of nitrogens with one attached hydrogen (secondary N) is 1. The number of thioether (sulfide) groups is 1. The van der Waals surface area contributed by atoms with E-state index in [1.165, 1.54) is 24.4 Å². The van der Waals surface area contributed by atoms with E-state index in [4.69, 9.17) is 16.0 Å². The minimum absolute atomic E-state index is 0.163. The second-order valence-corrected chi connectivity index (χ2v) is 7.08. The van der Waals surface area contributed by atoms with E-state index < -0.39 is 0 Å². The first-order valence-electron chi connectivity index (χ1n) is 7.42. The SMILES string of the molecule is C[C@@H]1C[C@H]1c1ccc(/C=N\NC(=O)CSc2ccc(Cl)cc2)o1. The predicted octanol–water partition coefficient (Wildman–Crippen LogP) is 4.30. The van der Waals surface area contributed by atoms with Gasteiger partial charge in [-0.1, -0.05) is 18.5 Å². The van der Waals surface area contributed by atoms with E-state index in [-0.39, 0.29) is 5.91 Å². The molecule has 4 nitrogen and oxygen atoms in total. The van der Waals surface area contributed by atoms with Crippen molar-refractivity contribution in [1.82, 2.24) is 5.43 Å². The Morgan fingerprint density at radius 1 is 1.39 bits per heavy atom. The van der Waals surface area contributed by atoms with Crippen molar-refractivity contribution in [2.45, 2.75) is 24.2 Å². The molecule has 1 heterocycles. The van der Waals surface area contributed by atoms with Crippen LogP contribution in [0.25, 0.3) is 0 Å². The lowest BCUT2D eigenvalue weighted by Gasteiger charge is -2.00. The molecule has 120 valence electrons. The number of carbonyl (C=O) groups is 1. The predicted molar refractivity (Wildman–Crippen MR) is 93.1 cm³/mol. The summed E-state index contributed by atoms with van der Waals surface area (Å²) < 4.78 is 5.68. The lowest BCUT2D eigenvalue weighted by Crippen LogP contribution is -2.19. The Balaban J connectivity index is 1.43. The first-order chi connectivity index (χ1) is 11.1. The fraction of sp³-hybridized carbons (Fsp3) is 0.294. The maximum absolute atomic E-state index is 11.7. The molecule has 0 bridgehead atoms. The molecule has 0 aliphatic heterocycles. The number of nitrogens with zero attached hydrogens (tertiary/aromatic N) is 1. The number of hydrogen-bond acceptors (Lipinski definition) is 4. The zero-order chi connectivity index (χ0) is 16.2. The molecule has 0 unspecified atom stereocenters. The van der Waals surface area contributed by atoms with E-state index in [9.17, 15) is 4.79 Å². The van der Waals surface area contributed by atoms with Crippen LogP contribution in [0.15, 0.2) is 50.8 Å². The number of halogens is 1. The molecule has 0 radical (unpaired) electrons. The summed E-state index contributed by atoms with van der Waals surface area (Å²) >= 11 is 7.25. The first-order valence-corrected chi connectivity index (χ1v) is 8.78. The standard InChI is InChI=1S/C17H17ClN2O2S/c1-11-8-15(11)16-7-4-13(22-16)9-19-20-17(21)10-23-14-5-2-12(18)3-6-14/h2-7,9,11,15H,8,10H2,1H3,(H,20,21)/b19-9-/t11-,15-/m1/s1. The number of rotatable bonds is 6. The third kappa shape index (κ3) is 4.62. The fourth-order valence-corrected chi connectivity index (χ4v) is 3.05. The van der Waals surface area contributed by atoms with Crippen LogP contribution in [0.1, 0.15) is 30.8 Å². The van der Waals surface area contributed by atoms with Gasteiger partial charge in [0.25, 0.3) is 0 Å². The third-order valence-corrected chi connectivity index (χ3v) is 4.95. The summed E-state index contributed by atoms with van der Waals surface area (Å²) in [6.45, 7) is 2.21. The minimum atomic E-state index is -0.163. The molecule has 1 aliphatic rings. The molecule has 1 fully saturated rings. The molecule has 1 aromatic carbocycles. The molecule has 23 heavy (non-hydrogen) atoms. The van der Waals surface area contributed by atoms with Gasteiger partial charge >= 0.3 is 0 Å². The molecular weight excluding hydrogens is 332 g/mol. The van der Waals surface area contributed by atoms with E-state index in [0.717, 1.165) is 10.7 Å². The Morgan fingerprint density at radius 2 is 2.13 bits per heavy atom. The summed E-state index contributed by atoms with van der Waals surface area (Å²) in [5.41, 5.74) is 2.50. The average Bonchev–Trinajstić information content (AvgIpc) is 3.08. The zero-order valence-corrected chi connectivity index (χ0v) is 14.2. The highest BCUT2D eigenvalue weighted by atomic mass is 35.5. The van der Waals surface area contributed by atoms with E-state index in [1.807, 2.05) is 24.3 Å². The second-order valence-electron chi connectivity index (χ2n) is 5.60. The molecule has 3 rings (SSSR count). The molecule has 2 aromatic rings. The smallest absolute Gasteiger partial charge is 0.250 e. The fourth-order valence-electron chi connectivity index (χ4n) is 2.24. The molecule has 0 saturated heterocycles. The molecule has 1 aliphatic carbocycles. The summed E-state index contributed by atoms with van der Waals surface area (Å²) in [6, 6.07) is 11.2. The van der Waals surface area contributed by atoms with Crippen LogP contribution in [0.3, 0.4) is 0 Å². The maximum Gasteiger partial charge on any atom is 0.250 e. The van der Waals surface area contributed by atoms with Crippen LogP contribution in [0.5, 0.6) is 0 Å². The van der Waals surface area contributed by atoms with Gasteiger partial charge < -0.3 is 4.42 Å². The Labute approximate surface area is 144 Å². The number of carbonyl (C=O) groups excluding carboxylic acids is 1. The number of hydrogen-bond donors (Lipinski definition) is 1. The van der Waals surface area contributed by atoms with Crippen molar-refractivity contribution in [3.63, 3.8) is 0 Å². The Hall–Kier alpha value is -1.72. The van der Waals surface area contributed by atoms with Crippen LogP contribution < -0.4 is 5.43 Å². The van der Waals surface area contributed by atoms with Crippen LogP contribution in [0.2, 0.25) is 5.02 Å². The first kappa shape index (κ1) is 16.1. The second kappa shape index (κ2) is 7.23. The summed E-state index contributed by atoms with van der Waals surface area (Å²) in [7, 11) is 0. The van der Waals surface area contributed by atoms with Gasteiger partial charge in [0.15, 0.2) is 0 Å². The van der Waals surface area contributed by atoms with Crippen molar-refractivity contribution in [2.24, 2.45) is 11.0 Å². The van der Waals surface area contributed by atoms with Crippen LogP contribution in [-0.2, 0) is 4.79 Å². The van der Waals surface area contributed by atoms with E-state index >= 15 is 0 Å². The molecule has 0 spiro atoms. The highest BCUT2D eigenvalue weighted by molar-refractivity contribution is 8.00. The third-order valence-electron chi connectivity index (χ3n) is 3.69. The van der Waals surface area contributed by atoms with E-state index in [1.54, 1.807) is 12.1 Å². The number of benzene rings is 1. The minimum Gasteiger partial charge on any atom is -0.460 e. The summed E-state index contributed by atoms with van der Waals surface area (Å²) in [6.07, 6.45) is 2.71. The quantitative estimate of drug-likeness (QED) is 0.481. The van der Waals surface area contributed by atoms with Gasteiger partial charge in [-0.05, 0) is 48.7 Å². The van der Waals surface area contributed by atoms with Gasteiger partial charge in [0.05, 0.1) is 12.0 Å². The maximum atomic E-state index is 11.7. The molecule has 1 saturated carbocycles. The van der Waals surface area contributed by atoms with Crippen LogP contribution in [0, 0.1) is 5.92 Å². The van der Waals surface area contributed by atoms with Crippen molar-refractivity contribution >= 4 is 35.5 Å². The average molecular weight is 349 g/mol. The zero-order valence-electron chi connectivity index (χ0n) is 12.7. The molecule has 1 aromatic heterocycles. The molecule has 1 amide bonds. The molecule has 1 N–H and O–H groups in total. The van der Waals surface area contributed by atoms with Gasteiger partial charge in [0, 0.05) is 15.8 Å². The summed E-state index contributed by atoms with van der Waals surface area (Å²) in [5, 5.41) is 4.61. The van der Waals surface area contributed by atoms with Crippen molar-refractivity contribution in [1.29, 1.82) is 0 Å². The highest BCUT2D eigenvalue weighted by Gasteiger charge is 2.36. The Kier molecular flexibility index (Phi) is 5.08. The van der Waals surface area contributed by atoms with Crippen molar-refractivity contribution in [3.8, 4) is 0 Å². The summed E-state index contributed by atoms with van der Waals surface area (Å²) in [5.74, 6) is 3.04. The summed E-state index contributed by atoms with van der Waals surface area (Å²) in [4.78, 5) is 12.7. The largest absolute Gasteiger partial charge is 0.460 e. The molecule has 6 heteroatoms. The van der Waals surface area contributed by atoms with Crippen molar-refractivity contribution < 1.29 is 9.21 Å².